The van der Waals surface area contributed by atoms with Gasteiger partial charge in [-0.2, -0.15) is 0 Å². The lowest BCUT2D eigenvalue weighted by molar-refractivity contribution is 0.0992. The van der Waals surface area contributed by atoms with Crippen molar-refractivity contribution in [1.82, 2.24) is 10.6 Å². The van der Waals surface area contributed by atoms with Crippen LogP contribution in [0.15, 0.2) is 29.3 Å². The molecule has 2 N–H and O–H groups in total. The molecule has 5 heteroatoms. The van der Waals surface area contributed by atoms with Crippen molar-refractivity contribution in [1.29, 1.82) is 0 Å². The van der Waals surface area contributed by atoms with Crippen LogP contribution in [0.3, 0.4) is 0 Å². The smallest absolute Gasteiger partial charge is 0.191 e. The maximum absolute atomic E-state index is 5.89. The van der Waals surface area contributed by atoms with Crippen LogP contribution in [-0.4, -0.2) is 30.8 Å². The van der Waals surface area contributed by atoms with Gasteiger partial charge in [0.05, 0.1) is 24.8 Å². The zero-order valence-electron chi connectivity index (χ0n) is 13.3. The monoisotopic (exact) mass is 415 g/mol. The van der Waals surface area contributed by atoms with Crippen molar-refractivity contribution in [3.8, 4) is 0 Å². The average molecular weight is 415 g/mol. The van der Waals surface area contributed by atoms with E-state index in [2.05, 4.69) is 48.7 Å². The van der Waals surface area contributed by atoms with E-state index in [1.54, 1.807) is 0 Å². The van der Waals surface area contributed by atoms with Gasteiger partial charge in [-0.3, -0.25) is 0 Å². The molecule has 2 bridgehead atoms. The van der Waals surface area contributed by atoms with E-state index >= 15 is 0 Å². The molecule has 2 fully saturated rings. The molecular formula is C17H26IN3O. The number of fused-ring (bicyclic) bond motifs is 2. The van der Waals surface area contributed by atoms with Gasteiger partial charge in [0.25, 0.3) is 0 Å². The Balaban J connectivity index is 0.00000176. The van der Waals surface area contributed by atoms with E-state index in [0.29, 0.717) is 24.8 Å². The second-order valence-corrected chi connectivity index (χ2v) is 6.04. The summed E-state index contributed by atoms with van der Waals surface area (Å²) in [6, 6.07) is 8.97. The van der Waals surface area contributed by atoms with Gasteiger partial charge in [0.2, 0.25) is 0 Å². The highest BCUT2D eigenvalue weighted by Gasteiger charge is 2.41. The van der Waals surface area contributed by atoms with E-state index in [9.17, 15) is 0 Å². The molecule has 22 heavy (non-hydrogen) atoms. The minimum Gasteiger partial charge on any atom is -0.373 e. The lowest BCUT2D eigenvalue weighted by atomic mass is 9.96. The first-order valence-electron chi connectivity index (χ1n) is 8.00. The predicted molar refractivity (Wildman–Crippen MR) is 101 cm³/mol. The molecule has 4 nitrogen and oxygen atoms in total. The van der Waals surface area contributed by atoms with Crippen molar-refractivity contribution >= 4 is 29.9 Å². The molecule has 0 aliphatic carbocycles. The number of hydrogen-bond donors (Lipinski definition) is 2. The summed E-state index contributed by atoms with van der Waals surface area (Å²) in [4.78, 5) is 4.70. The highest BCUT2D eigenvalue weighted by atomic mass is 127. The molecule has 1 aromatic carbocycles. The first kappa shape index (κ1) is 17.5. The zero-order chi connectivity index (χ0) is 14.7. The number of rotatable bonds is 4. The van der Waals surface area contributed by atoms with Gasteiger partial charge in [0.15, 0.2) is 5.96 Å². The minimum absolute atomic E-state index is 0. The van der Waals surface area contributed by atoms with Gasteiger partial charge < -0.3 is 15.4 Å². The highest BCUT2D eigenvalue weighted by Crippen LogP contribution is 2.34. The van der Waals surface area contributed by atoms with Crippen molar-refractivity contribution in [2.75, 3.05) is 6.54 Å². The van der Waals surface area contributed by atoms with Gasteiger partial charge in [0.1, 0.15) is 0 Å². The Morgan fingerprint density at radius 2 is 2.05 bits per heavy atom. The number of aryl methyl sites for hydroxylation is 1. The van der Waals surface area contributed by atoms with Crippen molar-refractivity contribution in [2.24, 2.45) is 4.99 Å². The van der Waals surface area contributed by atoms with Gasteiger partial charge in [0, 0.05) is 6.54 Å². The summed E-state index contributed by atoms with van der Waals surface area (Å²) < 4.78 is 5.89. The maximum Gasteiger partial charge on any atom is 0.191 e. The second kappa shape index (κ2) is 8.15. The van der Waals surface area contributed by atoms with Crippen LogP contribution < -0.4 is 10.6 Å². The van der Waals surface area contributed by atoms with Crippen LogP contribution in [0.1, 0.15) is 37.3 Å². The normalized spacial score (nSPS) is 26.6. The molecule has 0 aromatic heterocycles. The Kier molecular flexibility index (Phi) is 6.50. The molecular weight excluding hydrogens is 389 g/mol. The number of halogens is 1. The Labute approximate surface area is 150 Å². The largest absolute Gasteiger partial charge is 0.373 e. The molecule has 2 aliphatic rings. The number of hydrogen-bond acceptors (Lipinski definition) is 2. The third-order valence-electron chi connectivity index (χ3n) is 4.31. The van der Waals surface area contributed by atoms with Crippen LogP contribution in [0, 0.1) is 6.92 Å². The first-order chi connectivity index (χ1) is 10.2. The van der Waals surface area contributed by atoms with Crippen molar-refractivity contribution in [3.05, 3.63) is 35.4 Å². The first-order valence-corrected chi connectivity index (χ1v) is 8.00. The molecule has 3 atom stereocenters. The van der Waals surface area contributed by atoms with E-state index in [1.165, 1.54) is 24.0 Å². The van der Waals surface area contributed by atoms with E-state index in [4.69, 9.17) is 9.73 Å². The molecule has 2 saturated heterocycles. The number of ether oxygens (including phenoxy) is 1. The molecule has 3 unspecified atom stereocenters. The standard InChI is InChI=1S/C17H25N3O.HI/c1-3-18-17(19-11-13-6-4-12(2)5-7-13)20-15-10-14-8-9-16(15)21-14;/h4-7,14-16H,3,8-11H2,1-2H3,(H2,18,19,20);1H. The van der Waals surface area contributed by atoms with E-state index in [-0.39, 0.29) is 24.0 Å². The summed E-state index contributed by atoms with van der Waals surface area (Å²) in [6.45, 7) is 5.78. The van der Waals surface area contributed by atoms with E-state index < -0.39 is 0 Å². The van der Waals surface area contributed by atoms with Crippen LogP contribution in [0.5, 0.6) is 0 Å². The van der Waals surface area contributed by atoms with Crippen molar-refractivity contribution < 1.29 is 4.74 Å². The molecule has 0 saturated carbocycles. The van der Waals surface area contributed by atoms with Crippen LogP contribution in [0.25, 0.3) is 0 Å². The van der Waals surface area contributed by atoms with Crippen LogP contribution >= 0.6 is 24.0 Å². The lowest BCUT2D eigenvalue weighted by Gasteiger charge is -2.22. The van der Waals surface area contributed by atoms with E-state index in [1.807, 2.05) is 0 Å². The van der Waals surface area contributed by atoms with Crippen molar-refractivity contribution in [3.63, 3.8) is 0 Å². The van der Waals surface area contributed by atoms with Crippen LogP contribution in [-0.2, 0) is 11.3 Å². The summed E-state index contributed by atoms with van der Waals surface area (Å²) in [7, 11) is 0. The number of benzene rings is 1. The number of nitrogens with one attached hydrogen (secondary N) is 2. The fraction of sp³-hybridized carbons (Fsp3) is 0.588. The fourth-order valence-corrected chi connectivity index (χ4v) is 3.15. The minimum atomic E-state index is 0. The van der Waals surface area contributed by atoms with Gasteiger partial charge in [-0.05, 0) is 38.7 Å². The molecule has 122 valence electrons. The summed E-state index contributed by atoms with van der Waals surface area (Å²) >= 11 is 0. The Morgan fingerprint density at radius 1 is 1.27 bits per heavy atom. The Bertz CT molecular complexity index is 503. The molecule has 0 spiro atoms. The van der Waals surface area contributed by atoms with E-state index in [0.717, 1.165) is 18.9 Å². The molecule has 2 heterocycles. The molecule has 3 rings (SSSR count). The van der Waals surface area contributed by atoms with Crippen LogP contribution in [0.4, 0.5) is 0 Å². The van der Waals surface area contributed by atoms with Gasteiger partial charge in [-0.1, -0.05) is 29.8 Å². The Morgan fingerprint density at radius 3 is 2.64 bits per heavy atom. The number of nitrogens with zero attached hydrogens (tertiary/aromatic N) is 1. The highest BCUT2D eigenvalue weighted by molar-refractivity contribution is 14.0. The number of aliphatic imine (C=N–C) groups is 1. The van der Waals surface area contributed by atoms with Gasteiger partial charge in [-0.25, -0.2) is 4.99 Å². The molecule has 0 amide bonds. The summed E-state index contributed by atoms with van der Waals surface area (Å²) in [5.41, 5.74) is 2.52. The predicted octanol–water partition coefficient (Wildman–Crippen LogP) is 2.99. The summed E-state index contributed by atoms with van der Waals surface area (Å²) in [6.07, 6.45) is 4.35. The molecule has 1 aromatic rings. The third-order valence-corrected chi connectivity index (χ3v) is 4.31. The second-order valence-electron chi connectivity index (χ2n) is 6.04. The molecule has 0 radical (unpaired) electrons. The zero-order valence-corrected chi connectivity index (χ0v) is 15.7. The third kappa shape index (κ3) is 4.35. The topological polar surface area (TPSA) is 45.7 Å². The summed E-state index contributed by atoms with van der Waals surface area (Å²) in [5.74, 6) is 0.902. The quantitative estimate of drug-likeness (QED) is 0.452. The Hall–Kier alpha value is -0.820. The van der Waals surface area contributed by atoms with Crippen molar-refractivity contribution in [2.45, 2.75) is 57.9 Å². The lowest BCUT2D eigenvalue weighted by Crippen LogP contribution is -2.47. The van der Waals surface area contributed by atoms with Gasteiger partial charge in [-0.15, -0.1) is 24.0 Å². The van der Waals surface area contributed by atoms with Crippen LogP contribution in [0.2, 0.25) is 0 Å². The average Bonchev–Trinajstić information content (AvgIpc) is 3.09. The SMILES string of the molecule is CCNC(=NCc1ccc(C)cc1)NC1CC2CCC1O2.I. The number of guanidine groups is 1. The fourth-order valence-electron chi connectivity index (χ4n) is 3.15. The van der Waals surface area contributed by atoms with Gasteiger partial charge >= 0.3 is 0 Å². The maximum atomic E-state index is 5.89. The molecule has 2 aliphatic heterocycles. The summed E-state index contributed by atoms with van der Waals surface area (Å²) in [5, 5.41) is 6.88.